The summed E-state index contributed by atoms with van der Waals surface area (Å²) < 4.78 is 35.1. The van der Waals surface area contributed by atoms with E-state index < -0.39 is 12.4 Å². The van der Waals surface area contributed by atoms with Crippen molar-refractivity contribution in [2.45, 2.75) is 12.8 Å². The molecule has 0 spiro atoms. The number of pyridine rings is 1. The van der Waals surface area contributed by atoms with E-state index in [0.29, 0.717) is 27.1 Å². The van der Waals surface area contributed by atoms with Crippen LogP contribution in [-0.4, -0.2) is 24.0 Å². The molecule has 0 radical (unpaired) electrons. The number of nitrogens with zero attached hydrogens (tertiary/aromatic N) is 2. The van der Waals surface area contributed by atoms with Crippen molar-refractivity contribution >= 4 is 21.9 Å². The fourth-order valence-corrected chi connectivity index (χ4v) is 2.40. The molecule has 2 rings (SSSR count). The zero-order valence-electron chi connectivity index (χ0n) is 12.2. The number of carbonyl (C=O) groups excluding carboxylic acids is 1. The summed E-state index contributed by atoms with van der Waals surface area (Å²) in [5, 5.41) is 8.88. The van der Waals surface area contributed by atoms with E-state index in [-0.39, 0.29) is 13.0 Å². The van der Waals surface area contributed by atoms with Gasteiger partial charge in [0.25, 0.3) is 0 Å². The molecule has 1 heterocycles. The maximum Gasteiger partial charge on any atom is 0.373 e. The number of esters is 1. The molecule has 0 aliphatic rings. The number of halogens is 3. The summed E-state index contributed by atoms with van der Waals surface area (Å²) in [4.78, 5) is 14.7. The first kappa shape index (κ1) is 17.8. The first-order valence-corrected chi connectivity index (χ1v) is 7.55. The van der Waals surface area contributed by atoms with Crippen molar-refractivity contribution in [3.63, 3.8) is 0 Å². The van der Waals surface area contributed by atoms with E-state index in [1.807, 2.05) is 6.07 Å². The second kappa shape index (κ2) is 8.36. The minimum absolute atomic E-state index is 0.181. The standard InChI is InChI=1S/C16H11BrF2N2O3/c17-13-2-1-3-14(12(13)4-5-23-16(22)15(18)19)24-11-6-10(7-20)8-21-9-11/h1-3,6,8-9,15H,4-5H2. The topological polar surface area (TPSA) is 72.2 Å². The Bertz CT molecular complexity index is 778. The van der Waals surface area contributed by atoms with Crippen LogP contribution >= 0.6 is 15.9 Å². The molecule has 1 aromatic heterocycles. The van der Waals surface area contributed by atoms with Crippen LogP contribution in [0.25, 0.3) is 0 Å². The Morgan fingerprint density at radius 1 is 1.38 bits per heavy atom. The maximum atomic E-state index is 12.1. The lowest BCUT2D eigenvalue weighted by atomic mass is 10.1. The quantitative estimate of drug-likeness (QED) is 0.693. The van der Waals surface area contributed by atoms with Gasteiger partial charge in [0, 0.05) is 28.7 Å². The van der Waals surface area contributed by atoms with E-state index in [0.717, 1.165) is 0 Å². The number of rotatable bonds is 6. The monoisotopic (exact) mass is 396 g/mol. The van der Waals surface area contributed by atoms with Gasteiger partial charge in [-0.25, -0.2) is 4.79 Å². The molecule has 0 unspecified atom stereocenters. The Balaban J connectivity index is 2.14. The van der Waals surface area contributed by atoms with Crippen molar-refractivity contribution < 1.29 is 23.0 Å². The number of carbonyl (C=O) groups is 1. The molecule has 0 bridgehead atoms. The van der Waals surface area contributed by atoms with E-state index in [9.17, 15) is 13.6 Å². The normalized spacial score (nSPS) is 10.3. The van der Waals surface area contributed by atoms with Gasteiger partial charge in [0.1, 0.15) is 17.6 Å². The van der Waals surface area contributed by atoms with Crippen LogP contribution in [0.2, 0.25) is 0 Å². The van der Waals surface area contributed by atoms with Crippen LogP contribution in [0.3, 0.4) is 0 Å². The lowest BCUT2D eigenvalue weighted by Crippen LogP contribution is -2.16. The van der Waals surface area contributed by atoms with E-state index in [1.54, 1.807) is 18.2 Å². The first-order chi connectivity index (χ1) is 11.5. The number of aromatic nitrogens is 1. The highest BCUT2D eigenvalue weighted by Gasteiger charge is 2.17. The van der Waals surface area contributed by atoms with Crippen LogP contribution in [-0.2, 0) is 16.0 Å². The Morgan fingerprint density at radius 3 is 2.88 bits per heavy atom. The van der Waals surface area contributed by atoms with Crippen molar-refractivity contribution in [3.05, 3.63) is 52.3 Å². The minimum Gasteiger partial charge on any atom is -0.461 e. The summed E-state index contributed by atoms with van der Waals surface area (Å²) in [6, 6.07) is 8.64. The van der Waals surface area contributed by atoms with Gasteiger partial charge in [-0.1, -0.05) is 22.0 Å². The third-order valence-electron chi connectivity index (χ3n) is 2.92. The maximum absolute atomic E-state index is 12.1. The highest BCUT2D eigenvalue weighted by Crippen LogP contribution is 2.31. The average Bonchev–Trinajstić information content (AvgIpc) is 2.57. The van der Waals surface area contributed by atoms with Crippen molar-refractivity contribution in [2.24, 2.45) is 0 Å². The van der Waals surface area contributed by atoms with Gasteiger partial charge in [-0.2, -0.15) is 14.0 Å². The average molecular weight is 397 g/mol. The molecule has 0 N–H and O–H groups in total. The van der Waals surface area contributed by atoms with E-state index >= 15 is 0 Å². The molecule has 0 aliphatic heterocycles. The van der Waals surface area contributed by atoms with Gasteiger partial charge >= 0.3 is 12.4 Å². The SMILES string of the molecule is N#Cc1cncc(Oc2cccc(Br)c2CCOC(=O)C(F)F)c1. The van der Waals surface area contributed by atoms with Crippen LogP contribution < -0.4 is 4.74 Å². The number of ether oxygens (including phenoxy) is 2. The molecule has 0 saturated heterocycles. The fourth-order valence-electron chi connectivity index (χ4n) is 1.86. The molecular formula is C16H11BrF2N2O3. The van der Waals surface area contributed by atoms with Crippen LogP contribution in [0.5, 0.6) is 11.5 Å². The van der Waals surface area contributed by atoms with Crippen LogP contribution in [0.4, 0.5) is 8.78 Å². The summed E-state index contributed by atoms with van der Waals surface area (Å²) in [6.07, 6.45) is -0.124. The number of hydrogen-bond donors (Lipinski definition) is 0. The van der Waals surface area contributed by atoms with Crippen LogP contribution in [0.1, 0.15) is 11.1 Å². The second-order valence-electron chi connectivity index (χ2n) is 4.56. The highest BCUT2D eigenvalue weighted by atomic mass is 79.9. The van der Waals surface area contributed by atoms with E-state index in [4.69, 9.17) is 10.00 Å². The third-order valence-corrected chi connectivity index (χ3v) is 3.66. The predicted molar refractivity (Wildman–Crippen MR) is 83.8 cm³/mol. The minimum atomic E-state index is -3.15. The van der Waals surface area contributed by atoms with Crippen LogP contribution in [0, 0.1) is 11.3 Å². The molecule has 0 amide bonds. The molecule has 8 heteroatoms. The van der Waals surface area contributed by atoms with Gasteiger partial charge in [-0.3, -0.25) is 4.98 Å². The molecular weight excluding hydrogens is 386 g/mol. The molecule has 0 fully saturated rings. The van der Waals surface area contributed by atoms with Gasteiger partial charge < -0.3 is 9.47 Å². The smallest absolute Gasteiger partial charge is 0.373 e. The molecule has 24 heavy (non-hydrogen) atoms. The van der Waals surface area contributed by atoms with Crippen LogP contribution in [0.15, 0.2) is 41.1 Å². The highest BCUT2D eigenvalue weighted by molar-refractivity contribution is 9.10. The molecule has 1 aromatic carbocycles. The summed E-state index contributed by atoms with van der Waals surface area (Å²) in [5.41, 5.74) is 0.983. The summed E-state index contributed by atoms with van der Waals surface area (Å²) in [6.45, 7) is -0.210. The van der Waals surface area contributed by atoms with Gasteiger partial charge in [-0.15, -0.1) is 0 Å². The number of benzene rings is 1. The van der Waals surface area contributed by atoms with Gasteiger partial charge in [-0.05, 0) is 12.1 Å². The largest absolute Gasteiger partial charge is 0.461 e. The second-order valence-corrected chi connectivity index (χ2v) is 5.41. The lowest BCUT2D eigenvalue weighted by molar-refractivity contribution is -0.156. The Morgan fingerprint density at radius 2 is 2.17 bits per heavy atom. The molecule has 0 saturated carbocycles. The van der Waals surface area contributed by atoms with Crippen molar-refractivity contribution in [2.75, 3.05) is 6.61 Å². The summed E-state index contributed by atoms with van der Waals surface area (Å²) in [7, 11) is 0. The zero-order chi connectivity index (χ0) is 17.5. The first-order valence-electron chi connectivity index (χ1n) is 6.76. The lowest BCUT2D eigenvalue weighted by Gasteiger charge is -2.13. The summed E-state index contributed by atoms with van der Waals surface area (Å²) >= 11 is 3.35. The zero-order valence-corrected chi connectivity index (χ0v) is 13.8. The van der Waals surface area contributed by atoms with Gasteiger partial charge in [0.05, 0.1) is 18.4 Å². The van der Waals surface area contributed by atoms with Crippen molar-refractivity contribution in [1.82, 2.24) is 4.98 Å². The van der Waals surface area contributed by atoms with Gasteiger partial charge in [0.2, 0.25) is 0 Å². The van der Waals surface area contributed by atoms with Gasteiger partial charge in [0.15, 0.2) is 0 Å². The molecule has 2 aromatic rings. The van der Waals surface area contributed by atoms with Crippen molar-refractivity contribution in [3.8, 4) is 17.6 Å². The Hall–Kier alpha value is -2.53. The molecule has 0 atom stereocenters. The fraction of sp³-hybridized carbons (Fsp3) is 0.188. The van der Waals surface area contributed by atoms with E-state index in [2.05, 4.69) is 25.7 Å². The Labute approximate surface area is 145 Å². The van der Waals surface area contributed by atoms with E-state index in [1.165, 1.54) is 18.5 Å². The third kappa shape index (κ3) is 4.73. The predicted octanol–water partition coefficient (Wildman–Crippen LogP) is 3.86. The summed E-state index contributed by atoms with van der Waals surface area (Å²) in [5.74, 6) is -0.761. The Kier molecular flexibility index (Phi) is 6.21. The number of nitriles is 1. The molecule has 124 valence electrons. The molecule has 0 aliphatic carbocycles. The van der Waals surface area contributed by atoms with Crippen molar-refractivity contribution in [1.29, 1.82) is 5.26 Å². The molecule has 5 nitrogen and oxygen atoms in total. The number of hydrogen-bond acceptors (Lipinski definition) is 5. The number of alkyl halides is 2.